The standard InChI is InChI=1S/C15H17N5O/c1-10-8-14(20-15(17-10)18-11(2)19-20)16-9-12-6-4-5-7-13(12)21-3/h4-8,16H,9H2,1-3H3. The summed E-state index contributed by atoms with van der Waals surface area (Å²) in [5.74, 6) is 3.04. The number of fused-ring (bicyclic) bond motifs is 1. The molecule has 0 bridgehead atoms. The molecule has 0 aliphatic heterocycles. The van der Waals surface area contributed by atoms with Gasteiger partial charge in [-0.2, -0.15) is 9.50 Å². The van der Waals surface area contributed by atoms with E-state index in [0.29, 0.717) is 18.1 Å². The van der Waals surface area contributed by atoms with Crippen molar-refractivity contribution in [2.24, 2.45) is 0 Å². The lowest BCUT2D eigenvalue weighted by Crippen LogP contribution is -2.07. The van der Waals surface area contributed by atoms with Gasteiger partial charge in [0.25, 0.3) is 5.78 Å². The van der Waals surface area contributed by atoms with Crippen LogP contribution in [0.15, 0.2) is 30.3 Å². The maximum absolute atomic E-state index is 5.36. The first-order valence-corrected chi connectivity index (χ1v) is 6.74. The molecule has 21 heavy (non-hydrogen) atoms. The van der Waals surface area contributed by atoms with E-state index in [-0.39, 0.29) is 0 Å². The molecular weight excluding hydrogens is 266 g/mol. The van der Waals surface area contributed by atoms with Gasteiger partial charge in [0.05, 0.1) is 7.11 Å². The molecule has 0 atom stereocenters. The predicted octanol–water partition coefficient (Wildman–Crippen LogP) is 2.36. The molecule has 0 aliphatic rings. The monoisotopic (exact) mass is 283 g/mol. The van der Waals surface area contributed by atoms with Gasteiger partial charge in [-0.1, -0.05) is 18.2 Å². The van der Waals surface area contributed by atoms with Gasteiger partial charge in [0, 0.05) is 23.9 Å². The zero-order valence-electron chi connectivity index (χ0n) is 12.3. The molecule has 108 valence electrons. The first-order chi connectivity index (χ1) is 10.2. The van der Waals surface area contributed by atoms with E-state index >= 15 is 0 Å². The number of rotatable bonds is 4. The maximum Gasteiger partial charge on any atom is 0.254 e. The van der Waals surface area contributed by atoms with E-state index in [2.05, 4.69) is 20.4 Å². The Hall–Kier alpha value is -2.63. The van der Waals surface area contributed by atoms with Crippen molar-refractivity contribution in [1.29, 1.82) is 0 Å². The smallest absolute Gasteiger partial charge is 0.254 e. The van der Waals surface area contributed by atoms with Gasteiger partial charge in [-0.05, 0) is 19.9 Å². The molecule has 6 heteroatoms. The molecule has 2 heterocycles. The highest BCUT2D eigenvalue weighted by Crippen LogP contribution is 2.19. The van der Waals surface area contributed by atoms with Crippen molar-refractivity contribution >= 4 is 11.6 Å². The van der Waals surface area contributed by atoms with Gasteiger partial charge < -0.3 is 10.1 Å². The van der Waals surface area contributed by atoms with Gasteiger partial charge in [-0.25, -0.2) is 4.98 Å². The Morgan fingerprint density at radius 1 is 1.19 bits per heavy atom. The fourth-order valence-electron chi connectivity index (χ4n) is 2.25. The molecule has 1 N–H and O–H groups in total. The molecule has 3 aromatic rings. The predicted molar refractivity (Wildman–Crippen MR) is 80.6 cm³/mol. The number of benzene rings is 1. The number of nitrogens with zero attached hydrogens (tertiary/aromatic N) is 4. The zero-order chi connectivity index (χ0) is 14.8. The number of aromatic nitrogens is 4. The number of nitrogens with one attached hydrogen (secondary N) is 1. The number of para-hydroxylation sites is 1. The molecule has 0 fully saturated rings. The number of aryl methyl sites for hydroxylation is 2. The zero-order valence-corrected chi connectivity index (χ0v) is 12.3. The summed E-state index contributed by atoms with van der Waals surface area (Å²) in [7, 11) is 1.68. The number of anilines is 1. The first kappa shape index (κ1) is 13.4. The molecule has 2 aromatic heterocycles. The van der Waals surface area contributed by atoms with Crippen LogP contribution in [-0.4, -0.2) is 26.7 Å². The summed E-state index contributed by atoms with van der Waals surface area (Å²) in [6.45, 7) is 4.44. The molecule has 0 saturated heterocycles. The molecule has 1 aromatic carbocycles. The Kier molecular flexibility index (Phi) is 3.43. The third kappa shape index (κ3) is 2.65. The van der Waals surface area contributed by atoms with E-state index in [9.17, 15) is 0 Å². The largest absolute Gasteiger partial charge is 0.496 e. The second kappa shape index (κ2) is 5.40. The van der Waals surface area contributed by atoms with Crippen molar-refractivity contribution in [3.63, 3.8) is 0 Å². The minimum Gasteiger partial charge on any atom is -0.496 e. The normalized spacial score (nSPS) is 10.8. The van der Waals surface area contributed by atoms with Crippen LogP contribution < -0.4 is 10.1 Å². The highest BCUT2D eigenvalue weighted by Gasteiger charge is 2.08. The van der Waals surface area contributed by atoms with Crippen molar-refractivity contribution in [2.75, 3.05) is 12.4 Å². The van der Waals surface area contributed by atoms with Gasteiger partial charge in [-0.3, -0.25) is 0 Å². The SMILES string of the molecule is COc1ccccc1CNc1cc(C)nc2nc(C)nn12. The summed E-state index contributed by atoms with van der Waals surface area (Å²) in [6.07, 6.45) is 0. The Labute approximate surface area is 122 Å². The van der Waals surface area contributed by atoms with Crippen LogP contribution in [0.1, 0.15) is 17.1 Å². The Morgan fingerprint density at radius 2 is 2.00 bits per heavy atom. The van der Waals surface area contributed by atoms with Crippen LogP contribution in [0, 0.1) is 13.8 Å². The number of hydrogen-bond donors (Lipinski definition) is 1. The topological polar surface area (TPSA) is 64.3 Å². The summed E-state index contributed by atoms with van der Waals surface area (Å²) in [4.78, 5) is 8.67. The van der Waals surface area contributed by atoms with Gasteiger partial charge in [0.15, 0.2) is 0 Å². The lowest BCUT2D eigenvalue weighted by molar-refractivity contribution is 0.410. The molecule has 0 unspecified atom stereocenters. The van der Waals surface area contributed by atoms with Crippen molar-refractivity contribution in [2.45, 2.75) is 20.4 Å². The van der Waals surface area contributed by atoms with Crippen molar-refractivity contribution in [1.82, 2.24) is 19.6 Å². The van der Waals surface area contributed by atoms with Crippen molar-refractivity contribution in [3.05, 3.63) is 47.4 Å². The average Bonchev–Trinajstić information content (AvgIpc) is 2.85. The summed E-state index contributed by atoms with van der Waals surface area (Å²) in [6, 6.07) is 9.88. The highest BCUT2D eigenvalue weighted by molar-refractivity contribution is 5.46. The van der Waals surface area contributed by atoms with Crippen LogP contribution in [0.2, 0.25) is 0 Å². The van der Waals surface area contributed by atoms with E-state index in [1.807, 2.05) is 44.2 Å². The lowest BCUT2D eigenvalue weighted by Gasteiger charge is -2.11. The molecule has 6 nitrogen and oxygen atoms in total. The Morgan fingerprint density at radius 3 is 2.81 bits per heavy atom. The lowest BCUT2D eigenvalue weighted by atomic mass is 10.2. The molecule has 0 amide bonds. The Bertz CT molecular complexity index is 781. The van der Waals surface area contributed by atoms with Crippen LogP contribution in [0.5, 0.6) is 5.75 Å². The second-order valence-electron chi connectivity index (χ2n) is 4.82. The number of hydrogen-bond acceptors (Lipinski definition) is 5. The summed E-state index contributed by atoms with van der Waals surface area (Å²) in [5, 5.41) is 7.73. The van der Waals surface area contributed by atoms with Gasteiger partial charge >= 0.3 is 0 Å². The summed E-state index contributed by atoms with van der Waals surface area (Å²) >= 11 is 0. The van der Waals surface area contributed by atoms with Gasteiger partial charge in [-0.15, -0.1) is 5.10 Å². The summed E-state index contributed by atoms with van der Waals surface area (Å²) in [5.41, 5.74) is 1.98. The van der Waals surface area contributed by atoms with Crippen LogP contribution in [0.25, 0.3) is 5.78 Å². The van der Waals surface area contributed by atoms with E-state index in [0.717, 1.165) is 22.8 Å². The van der Waals surface area contributed by atoms with E-state index in [4.69, 9.17) is 4.74 Å². The fourth-order valence-corrected chi connectivity index (χ4v) is 2.25. The maximum atomic E-state index is 5.36. The third-order valence-electron chi connectivity index (χ3n) is 3.20. The van der Waals surface area contributed by atoms with Crippen LogP contribution in [0.4, 0.5) is 5.82 Å². The molecule has 0 radical (unpaired) electrons. The molecule has 0 aliphatic carbocycles. The minimum atomic E-state index is 0.607. The first-order valence-electron chi connectivity index (χ1n) is 6.74. The minimum absolute atomic E-state index is 0.607. The molecular formula is C15H17N5O. The van der Waals surface area contributed by atoms with Gasteiger partial charge in [0.1, 0.15) is 17.4 Å². The van der Waals surface area contributed by atoms with Crippen LogP contribution in [-0.2, 0) is 6.54 Å². The fraction of sp³-hybridized carbons (Fsp3) is 0.267. The molecule has 0 saturated carbocycles. The third-order valence-corrected chi connectivity index (χ3v) is 3.20. The van der Waals surface area contributed by atoms with Crippen LogP contribution >= 0.6 is 0 Å². The molecule has 0 spiro atoms. The number of ether oxygens (including phenoxy) is 1. The molecule has 3 rings (SSSR count). The Balaban J connectivity index is 1.91. The van der Waals surface area contributed by atoms with Crippen LogP contribution in [0.3, 0.4) is 0 Å². The van der Waals surface area contributed by atoms with E-state index in [1.54, 1.807) is 11.6 Å². The van der Waals surface area contributed by atoms with Gasteiger partial charge in [0.2, 0.25) is 0 Å². The van der Waals surface area contributed by atoms with Crippen molar-refractivity contribution < 1.29 is 4.74 Å². The average molecular weight is 283 g/mol. The van der Waals surface area contributed by atoms with Crippen molar-refractivity contribution in [3.8, 4) is 5.75 Å². The van der Waals surface area contributed by atoms with E-state index in [1.165, 1.54) is 0 Å². The summed E-state index contributed by atoms with van der Waals surface area (Å²) < 4.78 is 7.08. The quantitative estimate of drug-likeness (QED) is 0.796. The van der Waals surface area contributed by atoms with E-state index < -0.39 is 0 Å². The number of methoxy groups -OCH3 is 1. The second-order valence-corrected chi connectivity index (χ2v) is 4.82. The highest BCUT2D eigenvalue weighted by atomic mass is 16.5.